The van der Waals surface area contributed by atoms with Crippen LogP contribution in [-0.2, 0) is 27.7 Å². The van der Waals surface area contributed by atoms with Crippen LogP contribution in [0.15, 0.2) is 36.0 Å². The molecular weight excluding hydrogens is 292 g/mol. The van der Waals surface area contributed by atoms with Crippen LogP contribution in [0.2, 0.25) is 0 Å². The molecule has 1 aromatic rings. The molecular formula is C14H16O6Si. The fraction of sp³-hybridized carbons (Fsp3) is 0.214. The van der Waals surface area contributed by atoms with Crippen molar-refractivity contribution in [3.05, 3.63) is 41.6 Å². The lowest BCUT2D eigenvalue weighted by Gasteiger charge is -2.23. The highest BCUT2D eigenvalue weighted by Crippen LogP contribution is 2.15. The second-order valence-electron chi connectivity index (χ2n) is 4.13. The minimum absolute atomic E-state index is 0.707. The molecule has 6 nitrogen and oxygen atoms in total. The first-order valence-corrected chi connectivity index (χ1v) is 7.96. The van der Waals surface area contributed by atoms with Crippen molar-refractivity contribution in [2.24, 2.45) is 0 Å². The molecule has 0 saturated carbocycles. The molecule has 0 atom stereocenters. The first-order chi connectivity index (χ1) is 9.83. The second-order valence-corrected chi connectivity index (χ2v) is 6.28. The Kier molecular flexibility index (Phi) is 5.86. The lowest BCUT2D eigenvalue weighted by Crippen LogP contribution is -2.48. The van der Waals surface area contributed by atoms with Gasteiger partial charge in [0.05, 0.1) is 0 Å². The van der Waals surface area contributed by atoms with Gasteiger partial charge in [0.2, 0.25) is 0 Å². The minimum Gasteiger partial charge on any atom is -0.452 e. The van der Waals surface area contributed by atoms with E-state index in [1.165, 1.54) is 5.70 Å². The summed E-state index contributed by atoms with van der Waals surface area (Å²) < 4.78 is 15.0. The predicted molar refractivity (Wildman–Crippen MR) is 76.5 cm³/mol. The van der Waals surface area contributed by atoms with Crippen LogP contribution in [0, 0.1) is 0 Å². The predicted octanol–water partition coefficient (Wildman–Crippen LogP) is 1.87. The van der Waals surface area contributed by atoms with Crippen LogP contribution >= 0.6 is 0 Å². The van der Waals surface area contributed by atoms with E-state index in [0.717, 1.165) is 26.3 Å². The molecule has 0 N–H and O–H groups in total. The second kappa shape index (κ2) is 7.39. The first kappa shape index (κ1) is 16.6. The normalized spacial score (nSPS) is 11.0. The van der Waals surface area contributed by atoms with Gasteiger partial charge in [0.25, 0.3) is 17.9 Å². The maximum Gasteiger partial charge on any atom is 0.735 e. The van der Waals surface area contributed by atoms with E-state index in [0.29, 0.717) is 0 Å². The number of carbonyl (C=O) groups is 3. The van der Waals surface area contributed by atoms with Gasteiger partial charge in [-0.3, -0.25) is 14.4 Å². The van der Waals surface area contributed by atoms with Crippen LogP contribution in [0.3, 0.4) is 0 Å². The zero-order valence-electron chi connectivity index (χ0n) is 12.0. The third-order valence-electron chi connectivity index (χ3n) is 2.14. The van der Waals surface area contributed by atoms with Crippen molar-refractivity contribution in [3.63, 3.8) is 0 Å². The number of carbonyl (C=O) groups excluding carboxylic acids is 3. The fourth-order valence-corrected chi connectivity index (χ4v) is 3.46. The molecule has 0 amide bonds. The summed E-state index contributed by atoms with van der Waals surface area (Å²) in [6.45, 7) is 3.43. The molecule has 0 saturated heterocycles. The molecule has 0 unspecified atom stereocenters. The molecule has 0 aromatic heterocycles. The molecule has 21 heavy (non-hydrogen) atoms. The number of hydrogen-bond donors (Lipinski definition) is 0. The summed E-state index contributed by atoms with van der Waals surface area (Å²) in [5.41, 5.74) is 2.10. The summed E-state index contributed by atoms with van der Waals surface area (Å²) in [5, 5.41) is 0. The fourth-order valence-electron chi connectivity index (χ4n) is 1.53. The van der Waals surface area contributed by atoms with Crippen molar-refractivity contribution in [1.29, 1.82) is 0 Å². The lowest BCUT2D eigenvalue weighted by atomic mass is 10.2. The van der Waals surface area contributed by atoms with Gasteiger partial charge < -0.3 is 13.3 Å². The van der Waals surface area contributed by atoms with E-state index >= 15 is 0 Å². The molecule has 0 bridgehead atoms. The molecule has 0 aliphatic carbocycles. The zero-order valence-corrected chi connectivity index (χ0v) is 13.0. The Morgan fingerprint density at radius 3 is 1.67 bits per heavy atom. The maximum absolute atomic E-state index is 11.2. The Labute approximate surface area is 123 Å². The summed E-state index contributed by atoms with van der Waals surface area (Å²) in [4.78, 5) is 33.7. The number of rotatable bonds is 5. The highest BCUT2D eigenvalue weighted by atomic mass is 28.4. The van der Waals surface area contributed by atoms with E-state index in [1.54, 1.807) is 18.2 Å². The van der Waals surface area contributed by atoms with E-state index in [1.807, 2.05) is 18.2 Å². The van der Waals surface area contributed by atoms with Crippen LogP contribution in [-0.4, -0.2) is 26.7 Å². The molecule has 0 heterocycles. The first-order valence-electron chi connectivity index (χ1n) is 6.16. The maximum atomic E-state index is 11.2. The Morgan fingerprint density at radius 1 is 0.857 bits per heavy atom. The van der Waals surface area contributed by atoms with E-state index in [2.05, 4.69) is 0 Å². The van der Waals surface area contributed by atoms with Gasteiger partial charge >= 0.3 is 8.80 Å². The van der Waals surface area contributed by atoms with Gasteiger partial charge in [-0.1, -0.05) is 36.4 Å². The van der Waals surface area contributed by atoms with Crippen molar-refractivity contribution in [2.75, 3.05) is 0 Å². The molecule has 0 radical (unpaired) electrons. The van der Waals surface area contributed by atoms with Gasteiger partial charge in [0, 0.05) is 26.5 Å². The largest absolute Gasteiger partial charge is 0.735 e. The summed E-state index contributed by atoms with van der Waals surface area (Å²) in [7, 11) is -3.90. The van der Waals surface area contributed by atoms with Crippen LogP contribution in [0.5, 0.6) is 0 Å². The highest BCUT2D eigenvalue weighted by Gasteiger charge is 2.49. The van der Waals surface area contributed by atoms with Gasteiger partial charge in [0.15, 0.2) is 0 Å². The van der Waals surface area contributed by atoms with Crippen molar-refractivity contribution in [1.82, 2.24) is 0 Å². The molecule has 1 aromatic carbocycles. The smallest absolute Gasteiger partial charge is 0.452 e. The third kappa shape index (κ3) is 6.04. The SMILES string of the molecule is CC(=O)O[Si](C=Cc1ccccc1)(OC(C)=O)OC(C)=O. The minimum atomic E-state index is -3.90. The molecule has 1 rings (SSSR count). The van der Waals surface area contributed by atoms with E-state index in [9.17, 15) is 14.4 Å². The van der Waals surface area contributed by atoms with Crippen molar-refractivity contribution in [3.8, 4) is 0 Å². The summed E-state index contributed by atoms with van der Waals surface area (Å²) in [5.74, 6) is -2.12. The van der Waals surface area contributed by atoms with Crippen molar-refractivity contribution in [2.45, 2.75) is 20.8 Å². The quantitative estimate of drug-likeness (QED) is 0.773. The Bertz CT molecular complexity index is 511. The summed E-state index contributed by atoms with van der Waals surface area (Å²) in [6.07, 6.45) is 1.57. The van der Waals surface area contributed by atoms with Gasteiger partial charge in [-0.15, -0.1) is 0 Å². The lowest BCUT2D eigenvalue weighted by molar-refractivity contribution is -0.146. The van der Waals surface area contributed by atoms with Gasteiger partial charge in [-0.2, -0.15) is 0 Å². The molecule has 7 heteroatoms. The average Bonchev–Trinajstić information content (AvgIpc) is 2.35. The Hall–Kier alpha value is -2.41. The zero-order chi connectivity index (χ0) is 15.9. The highest BCUT2D eigenvalue weighted by molar-refractivity contribution is 6.71. The molecule has 0 aliphatic heterocycles. The molecule has 0 aliphatic rings. The van der Waals surface area contributed by atoms with Gasteiger partial charge in [-0.25, -0.2) is 0 Å². The molecule has 0 spiro atoms. The molecule has 0 fully saturated rings. The molecule has 112 valence electrons. The van der Waals surface area contributed by atoms with Crippen molar-refractivity contribution < 1.29 is 27.7 Å². The van der Waals surface area contributed by atoms with E-state index in [4.69, 9.17) is 13.3 Å². The Balaban J connectivity index is 3.12. The third-order valence-corrected chi connectivity index (χ3v) is 4.43. The summed E-state index contributed by atoms with van der Waals surface area (Å²) in [6, 6.07) is 9.06. The Morgan fingerprint density at radius 2 is 1.29 bits per heavy atom. The van der Waals surface area contributed by atoms with Crippen LogP contribution in [0.4, 0.5) is 0 Å². The van der Waals surface area contributed by atoms with Crippen LogP contribution < -0.4 is 0 Å². The van der Waals surface area contributed by atoms with E-state index in [-0.39, 0.29) is 0 Å². The monoisotopic (exact) mass is 308 g/mol. The van der Waals surface area contributed by atoms with Gasteiger partial charge in [-0.05, 0) is 5.56 Å². The number of benzene rings is 1. The van der Waals surface area contributed by atoms with Crippen LogP contribution in [0.1, 0.15) is 26.3 Å². The van der Waals surface area contributed by atoms with Gasteiger partial charge in [0.1, 0.15) is 0 Å². The topological polar surface area (TPSA) is 78.9 Å². The number of hydrogen-bond acceptors (Lipinski definition) is 6. The van der Waals surface area contributed by atoms with Crippen molar-refractivity contribution >= 4 is 32.8 Å². The summed E-state index contributed by atoms with van der Waals surface area (Å²) >= 11 is 0. The van der Waals surface area contributed by atoms with Crippen LogP contribution in [0.25, 0.3) is 6.08 Å². The van der Waals surface area contributed by atoms with E-state index < -0.39 is 26.7 Å². The average molecular weight is 308 g/mol. The standard InChI is InChI=1S/C14H16O6Si/c1-11(15)18-21(19-12(2)16,20-13(3)17)10-9-14-7-5-4-6-8-14/h4-10H,1-3H3.